The number of anilines is 1. The first-order valence-electron chi connectivity index (χ1n) is 4.31. The highest BCUT2D eigenvalue weighted by Gasteiger charge is 2.26. The van der Waals surface area contributed by atoms with Gasteiger partial charge in [0.2, 0.25) is 0 Å². The van der Waals surface area contributed by atoms with Crippen LogP contribution in [0.4, 0.5) is 10.5 Å². The molecule has 1 saturated heterocycles. The lowest BCUT2D eigenvalue weighted by Crippen LogP contribution is -2.29. The minimum absolute atomic E-state index is 0.0323. The van der Waals surface area contributed by atoms with Crippen molar-refractivity contribution in [2.45, 2.75) is 0 Å². The van der Waals surface area contributed by atoms with Gasteiger partial charge in [-0.1, -0.05) is 0 Å². The van der Waals surface area contributed by atoms with Gasteiger partial charge in [-0.15, -0.1) is 0 Å². The van der Waals surface area contributed by atoms with E-state index in [4.69, 9.17) is 0 Å². The van der Waals surface area contributed by atoms with E-state index in [2.05, 4.69) is 20.9 Å². The minimum Gasteiger partial charge on any atom is -0.326 e. The number of carbonyl (C=O) groups excluding carboxylic acids is 1. The van der Waals surface area contributed by atoms with Crippen molar-refractivity contribution in [3.05, 3.63) is 22.9 Å². The molecule has 5 heteroatoms. The molecule has 1 aliphatic rings. The van der Waals surface area contributed by atoms with E-state index in [1.54, 1.807) is 29.2 Å². The molecule has 0 unspecified atom stereocenters. The number of pyridine rings is 1. The van der Waals surface area contributed by atoms with E-state index < -0.39 is 0 Å². The molecule has 2 heterocycles. The summed E-state index contributed by atoms with van der Waals surface area (Å²) in [6.07, 6.45) is 3.40. The van der Waals surface area contributed by atoms with Gasteiger partial charge in [0.25, 0.3) is 0 Å². The summed E-state index contributed by atoms with van der Waals surface area (Å²) in [6.45, 7) is 1.50. The van der Waals surface area contributed by atoms with Crippen LogP contribution in [0.2, 0.25) is 0 Å². The lowest BCUT2D eigenvalue weighted by molar-refractivity contribution is 0.229. The zero-order valence-electron chi connectivity index (χ0n) is 7.77. The molecule has 2 rings (SSSR count). The van der Waals surface area contributed by atoms with Gasteiger partial charge in [0, 0.05) is 30.8 Å². The molecular formula is C9H10BrN3O. The first-order chi connectivity index (χ1) is 6.68. The lowest BCUT2D eigenvalue weighted by Gasteiger charge is -2.15. The largest absolute Gasteiger partial charge is 0.326 e. The second-order valence-corrected chi connectivity index (χ2v) is 4.13. The molecule has 1 aliphatic heterocycles. The Morgan fingerprint density at radius 2 is 2.21 bits per heavy atom. The molecule has 0 radical (unpaired) electrons. The summed E-state index contributed by atoms with van der Waals surface area (Å²) in [5.74, 6) is 0. The second-order valence-electron chi connectivity index (χ2n) is 3.22. The van der Waals surface area contributed by atoms with Crippen LogP contribution in [0.15, 0.2) is 22.9 Å². The molecule has 0 N–H and O–H groups in total. The van der Waals surface area contributed by atoms with Crippen molar-refractivity contribution in [3.8, 4) is 0 Å². The molecule has 4 nitrogen and oxygen atoms in total. The molecule has 14 heavy (non-hydrogen) atoms. The third-order valence-electron chi connectivity index (χ3n) is 2.22. The summed E-state index contributed by atoms with van der Waals surface area (Å²) in [5.41, 5.74) is 0.841. The molecule has 2 amide bonds. The highest BCUT2D eigenvalue weighted by atomic mass is 79.9. The molecule has 1 aromatic rings. The monoisotopic (exact) mass is 255 g/mol. The molecule has 1 fully saturated rings. The Balaban J connectivity index is 2.28. The Kier molecular flexibility index (Phi) is 2.41. The maximum absolute atomic E-state index is 11.6. The average molecular weight is 256 g/mol. The van der Waals surface area contributed by atoms with Crippen molar-refractivity contribution in [3.63, 3.8) is 0 Å². The van der Waals surface area contributed by atoms with Crippen molar-refractivity contribution in [1.82, 2.24) is 9.88 Å². The topological polar surface area (TPSA) is 36.4 Å². The third kappa shape index (κ3) is 1.59. The van der Waals surface area contributed by atoms with Crippen LogP contribution in [-0.2, 0) is 0 Å². The van der Waals surface area contributed by atoms with Crippen LogP contribution < -0.4 is 4.90 Å². The van der Waals surface area contributed by atoms with Gasteiger partial charge in [-0.05, 0) is 22.0 Å². The Morgan fingerprint density at radius 1 is 1.43 bits per heavy atom. The summed E-state index contributed by atoms with van der Waals surface area (Å²) in [7, 11) is 1.80. The number of urea groups is 1. The van der Waals surface area contributed by atoms with Crippen LogP contribution in [-0.4, -0.2) is 36.1 Å². The van der Waals surface area contributed by atoms with Crippen LogP contribution in [0.25, 0.3) is 0 Å². The second kappa shape index (κ2) is 3.57. The van der Waals surface area contributed by atoms with E-state index in [-0.39, 0.29) is 6.03 Å². The van der Waals surface area contributed by atoms with E-state index in [1.165, 1.54) is 0 Å². The van der Waals surface area contributed by atoms with E-state index in [1.807, 2.05) is 6.07 Å². The highest BCUT2D eigenvalue weighted by molar-refractivity contribution is 9.10. The molecular weight excluding hydrogens is 246 g/mol. The Hall–Kier alpha value is -1.10. The predicted octanol–water partition coefficient (Wildman–Crippen LogP) is 1.72. The number of aromatic nitrogens is 1. The predicted molar refractivity (Wildman–Crippen MR) is 57.3 cm³/mol. The quantitative estimate of drug-likeness (QED) is 0.767. The van der Waals surface area contributed by atoms with Crippen LogP contribution >= 0.6 is 15.9 Å². The normalized spacial score (nSPS) is 16.6. The molecule has 0 spiro atoms. The van der Waals surface area contributed by atoms with Gasteiger partial charge < -0.3 is 4.90 Å². The molecule has 0 aliphatic carbocycles. The van der Waals surface area contributed by atoms with Gasteiger partial charge in [-0.2, -0.15) is 0 Å². The van der Waals surface area contributed by atoms with Gasteiger partial charge in [0.15, 0.2) is 0 Å². The zero-order chi connectivity index (χ0) is 10.1. The first-order valence-corrected chi connectivity index (χ1v) is 5.11. The van der Waals surface area contributed by atoms with Crippen LogP contribution in [0.5, 0.6) is 0 Å². The molecule has 0 saturated carbocycles. The third-order valence-corrected chi connectivity index (χ3v) is 2.65. The van der Waals surface area contributed by atoms with Gasteiger partial charge in [-0.3, -0.25) is 9.88 Å². The number of halogens is 1. The summed E-state index contributed by atoms with van der Waals surface area (Å²) < 4.78 is 0.886. The molecule has 0 aromatic carbocycles. The molecule has 0 bridgehead atoms. The fourth-order valence-electron chi connectivity index (χ4n) is 1.44. The minimum atomic E-state index is 0.0323. The van der Waals surface area contributed by atoms with Crippen LogP contribution in [0, 0.1) is 0 Å². The van der Waals surface area contributed by atoms with Gasteiger partial charge >= 0.3 is 6.03 Å². The Labute approximate surface area is 90.7 Å². The molecule has 0 atom stereocenters. The SMILES string of the molecule is CN1CCN(c2cncc(Br)c2)C1=O. The Bertz CT molecular complexity index is 369. The van der Waals surface area contributed by atoms with Gasteiger partial charge in [-0.25, -0.2) is 4.79 Å². The summed E-state index contributed by atoms with van der Waals surface area (Å²) >= 11 is 3.33. The van der Waals surface area contributed by atoms with Crippen molar-refractivity contribution in [2.24, 2.45) is 0 Å². The number of carbonyl (C=O) groups is 1. The summed E-state index contributed by atoms with van der Waals surface area (Å²) in [5, 5.41) is 0. The van der Waals surface area contributed by atoms with Crippen molar-refractivity contribution >= 4 is 27.6 Å². The van der Waals surface area contributed by atoms with E-state index in [0.29, 0.717) is 0 Å². The Morgan fingerprint density at radius 3 is 2.79 bits per heavy atom. The number of nitrogens with zero attached hydrogens (tertiary/aromatic N) is 3. The average Bonchev–Trinajstić information content (AvgIpc) is 2.48. The smallest absolute Gasteiger partial charge is 0.324 e. The maximum Gasteiger partial charge on any atom is 0.324 e. The fraction of sp³-hybridized carbons (Fsp3) is 0.333. The number of amides is 2. The standard InChI is InChI=1S/C9H10BrN3O/c1-12-2-3-13(9(12)14)8-4-7(10)5-11-6-8/h4-6H,2-3H2,1H3. The maximum atomic E-state index is 11.6. The van der Waals surface area contributed by atoms with E-state index >= 15 is 0 Å². The highest BCUT2D eigenvalue weighted by Crippen LogP contribution is 2.21. The number of likely N-dealkylation sites (N-methyl/N-ethyl adjacent to an activating group) is 1. The van der Waals surface area contributed by atoms with Gasteiger partial charge in [0.1, 0.15) is 0 Å². The first kappa shape index (κ1) is 9.45. The van der Waals surface area contributed by atoms with Crippen molar-refractivity contribution < 1.29 is 4.79 Å². The number of rotatable bonds is 1. The zero-order valence-corrected chi connectivity index (χ0v) is 9.36. The van der Waals surface area contributed by atoms with Crippen molar-refractivity contribution in [1.29, 1.82) is 0 Å². The molecule has 74 valence electrons. The summed E-state index contributed by atoms with van der Waals surface area (Å²) in [4.78, 5) is 19.1. The van der Waals surface area contributed by atoms with Crippen molar-refractivity contribution in [2.75, 3.05) is 25.0 Å². The lowest BCUT2D eigenvalue weighted by atomic mass is 10.4. The van der Waals surface area contributed by atoms with Crippen LogP contribution in [0.1, 0.15) is 0 Å². The van der Waals surface area contributed by atoms with E-state index in [0.717, 1.165) is 23.2 Å². The van der Waals surface area contributed by atoms with Crippen LogP contribution in [0.3, 0.4) is 0 Å². The molecule has 1 aromatic heterocycles. The number of hydrogen-bond donors (Lipinski definition) is 0. The number of hydrogen-bond acceptors (Lipinski definition) is 2. The fourth-order valence-corrected chi connectivity index (χ4v) is 1.79. The summed E-state index contributed by atoms with van der Waals surface area (Å²) in [6, 6.07) is 1.93. The van der Waals surface area contributed by atoms with Gasteiger partial charge in [0.05, 0.1) is 11.9 Å². The van der Waals surface area contributed by atoms with E-state index in [9.17, 15) is 4.79 Å².